The molecule has 0 fully saturated rings. The predicted molar refractivity (Wildman–Crippen MR) is 154 cm³/mol. The highest BCUT2D eigenvalue weighted by Crippen LogP contribution is 2.22. The molecule has 0 saturated carbocycles. The SMILES string of the molecule is CCCCCCCCCCCCOc1cccc(CN(C(C)=O)c2ccc(Cc3cccnc3)cc2)c1. The van der Waals surface area contributed by atoms with Gasteiger partial charge in [0, 0.05) is 25.0 Å². The second-order valence-electron chi connectivity index (χ2n) is 9.99. The van der Waals surface area contributed by atoms with Gasteiger partial charge in [0.05, 0.1) is 13.2 Å². The quantitative estimate of drug-likeness (QED) is 0.174. The maximum atomic E-state index is 12.5. The van der Waals surface area contributed by atoms with Gasteiger partial charge in [0.15, 0.2) is 0 Å². The van der Waals surface area contributed by atoms with Crippen molar-refractivity contribution < 1.29 is 9.53 Å². The Kier molecular flexibility index (Phi) is 12.7. The lowest BCUT2D eigenvalue weighted by Gasteiger charge is -2.22. The van der Waals surface area contributed by atoms with E-state index in [0.29, 0.717) is 6.54 Å². The number of hydrogen-bond acceptors (Lipinski definition) is 3. The summed E-state index contributed by atoms with van der Waals surface area (Å²) >= 11 is 0. The van der Waals surface area contributed by atoms with E-state index < -0.39 is 0 Å². The van der Waals surface area contributed by atoms with E-state index in [1.165, 1.54) is 68.9 Å². The van der Waals surface area contributed by atoms with Crippen molar-refractivity contribution in [1.29, 1.82) is 0 Å². The van der Waals surface area contributed by atoms with Crippen LogP contribution in [0.1, 0.15) is 94.7 Å². The fraction of sp³-hybridized carbons (Fsp3) is 0.455. The Morgan fingerprint density at radius 1 is 0.784 bits per heavy atom. The summed E-state index contributed by atoms with van der Waals surface area (Å²) < 4.78 is 6.03. The van der Waals surface area contributed by atoms with Gasteiger partial charge in [-0.25, -0.2) is 0 Å². The average molecular weight is 501 g/mol. The number of unbranched alkanes of at least 4 members (excludes halogenated alkanes) is 9. The van der Waals surface area contributed by atoms with Crippen LogP contribution in [0.25, 0.3) is 0 Å². The summed E-state index contributed by atoms with van der Waals surface area (Å²) in [5.74, 6) is 0.903. The van der Waals surface area contributed by atoms with Gasteiger partial charge in [-0.05, 0) is 59.9 Å². The first-order valence-electron chi connectivity index (χ1n) is 14.1. The molecule has 2 aromatic carbocycles. The number of hydrogen-bond donors (Lipinski definition) is 0. The van der Waals surface area contributed by atoms with Gasteiger partial charge < -0.3 is 9.64 Å². The molecule has 198 valence electrons. The molecule has 4 nitrogen and oxygen atoms in total. The van der Waals surface area contributed by atoms with Crippen LogP contribution in [-0.2, 0) is 17.8 Å². The van der Waals surface area contributed by atoms with Crippen LogP contribution in [0.2, 0.25) is 0 Å². The molecule has 0 aliphatic carbocycles. The minimum absolute atomic E-state index is 0.0247. The van der Waals surface area contributed by atoms with E-state index in [1.54, 1.807) is 13.1 Å². The van der Waals surface area contributed by atoms with Gasteiger partial charge >= 0.3 is 0 Å². The highest BCUT2D eigenvalue weighted by molar-refractivity contribution is 5.91. The van der Waals surface area contributed by atoms with Gasteiger partial charge in [-0.3, -0.25) is 9.78 Å². The molecule has 0 aliphatic rings. The number of rotatable bonds is 17. The van der Waals surface area contributed by atoms with Crippen molar-refractivity contribution >= 4 is 11.6 Å². The average Bonchev–Trinajstić information content (AvgIpc) is 2.92. The van der Waals surface area contributed by atoms with E-state index in [2.05, 4.69) is 42.2 Å². The van der Waals surface area contributed by atoms with Crippen molar-refractivity contribution in [2.24, 2.45) is 0 Å². The Morgan fingerprint density at radius 3 is 2.11 bits per heavy atom. The lowest BCUT2D eigenvalue weighted by molar-refractivity contribution is -0.116. The minimum Gasteiger partial charge on any atom is -0.494 e. The highest BCUT2D eigenvalue weighted by Gasteiger charge is 2.13. The maximum Gasteiger partial charge on any atom is 0.224 e. The molecule has 1 heterocycles. The lowest BCUT2D eigenvalue weighted by Crippen LogP contribution is -2.27. The number of anilines is 1. The smallest absolute Gasteiger partial charge is 0.224 e. The molecule has 37 heavy (non-hydrogen) atoms. The molecule has 3 aromatic rings. The molecule has 0 N–H and O–H groups in total. The topological polar surface area (TPSA) is 42.4 Å². The van der Waals surface area contributed by atoms with Gasteiger partial charge in [0.25, 0.3) is 0 Å². The van der Waals surface area contributed by atoms with E-state index in [-0.39, 0.29) is 5.91 Å². The van der Waals surface area contributed by atoms with Crippen molar-refractivity contribution in [3.8, 4) is 5.75 Å². The number of aromatic nitrogens is 1. The molecule has 1 amide bonds. The Bertz CT molecular complexity index is 1030. The number of carbonyl (C=O) groups is 1. The zero-order valence-corrected chi connectivity index (χ0v) is 22.8. The van der Waals surface area contributed by atoms with E-state index in [4.69, 9.17) is 4.74 Å². The van der Waals surface area contributed by atoms with Crippen molar-refractivity contribution in [2.45, 2.75) is 91.0 Å². The van der Waals surface area contributed by atoms with Crippen molar-refractivity contribution in [3.05, 3.63) is 89.7 Å². The predicted octanol–water partition coefficient (Wildman–Crippen LogP) is 8.53. The normalized spacial score (nSPS) is 10.9. The first-order chi connectivity index (χ1) is 18.2. The summed E-state index contributed by atoms with van der Waals surface area (Å²) in [7, 11) is 0. The summed E-state index contributed by atoms with van der Waals surface area (Å²) in [6.07, 6.45) is 17.7. The number of ether oxygens (including phenoxy) is 1. The summed E-state index contributed by atoms with van der Waals surface area (Å²) in [5.41, 5.74) is 4.34. The molecular weight excluding hydrogens is 456 g/mol. The van der Waals surface area contributed by atoms with Crippen LogP contribution >= 0.6 is 0 Å². The van der Waals surface area contributed by atoms with Gasteiger partial charge in [-0.1, -0.05) is 95.0 Å². The van der Waals surface area contributed by atoms with Crippen LogP contribution in [-0.4, -0.2) is 17.5 Å². The van der Waals surface area contributed by atoms with E-state index >= 15 is 0 Å². The first-order valence-corrected chi connectivity index (χ1v) is 14.1. The van der Waals surface area contributed by atoms with Crippen molar-refractivity contribution in [1.82, 2.24) is 4.98 Å². The number of pyridine rings is 1. The van der Waals surface area contributed by atoms with Gasteiger partial charge in [-0.2, -0.15) is 0 Å². The summed E-state index contributed by atoms with van der Waals surface area (Å²) in [6.45, 7) is 5.15. The lowest BCUT2D eigenvalue weighted by atomic mass is 10.1. The Morgan fingerprint density at radius 2 is 1.46 bits per heavy atom. The van der Waals surface area contributed by atoms with Gasteiger partial charge in [-0.15, -0.1) is 0 Å². The zero-order valence-electron chi connectivity index (χ0n) is 22.8. The van der Waals surface area contributed by atoms with Gasteiger partial charge in [0.2, 0.25) is 5.91 Å². The van der Waals surface area contributed by atoms with Gasteiger partial charge in [0.1, 0.15) is 5.75 Å². The van der Waals surface area contributed by atoms with Crippen LogP contribution in [0.5, 0.6) is 5.75 Å². The standard InChI is InChI=1S/C33H44N2O2/c1-3-4-5-6-7-8-9-10-11-12-23-37-33-17-13-15-31(25-33)27-35(28(2)36)32-20-18-29(19-21-32)24-30-16-14-22-34-26-30/h13-22,25-26H,3-12,23-24,27H2,1-2H3. The Labute approximate surface area is 224 Å². The van der Waals surface area contributed by atoms with Crippen LogP contribution in [0.15, 0.2) is 73.1 Å². The molecular formula is C33H44N2O2. The highest BCUT2D eigenvalue weighted by atomic mass is 16.5. The second-order valence-corrected chi connectivity index (χ2v) is 9.99. The Balaban J connectivity index is 1.43. The van der Waals surface area contributed by atoms with Crippen LogP contribution < -0.4 is 9.64 Å². The molecule has 4 heteroatoms. The van der Waals surface area contributed by atoms with Crippen molar-refractivity contribution in [3.63, 3.8) is 0 Å². The molecule has 0 unspecified atom stereocenters. The molecule has 1 aromatic heterocycles. The zero-order chi connectivity index (χ0) is 26.1. The van der Waals surface area contributed by atoms with E-state index in [1.807, 2.05) is 41.4 Å². The molecule has 0 atom stereocenters. The molecule has 0 spiro atoms. The number of amides is 1. The molecule has 0 bridgehead atoms. The Hall–Kier alpha value is -3.14. The first kappa shape index (κ1) is 28.4. The largest absolute Gasteiger partial charge is 0.494 e. The fourth-order valence-corrected chi connectivity index (χ4v) is 4.61. The summed E-state index contributed by atoms with van der Waals surface area (Å²) in [5, 5.41) is 0. The number of carbonyl (C=O) groups excluding carboxylic acids is 1. The third-order valence-corrected chi connectivity index (χ3v) is 6.76. The molecule has 0 saturated heterocycles. The van der Waals surface area contributed by atoms with E-state index in [9.17, 15) is 4.79 Å². The number of nitrogens with zero attached hydrogens (tertiary/aromatic N) is 2. The minimum atomic E-state index is 0.0247. The molecule has 3 rings (SSSR count). The van der Waals surface area contributed by atoms with E-state index in [0.717, 1.165) is 36.4 Å². The monoisotopic (exact) mass is 500 g/mol. The third-order valence-electron chi connectivity index (χ3n) is 6.76. The fourth-order valence-electron chi connectivity index (χ4n) is 4.61. The summed E-state index contributed by atoms with van der Waals surface area (Å²) in [6, 6.07) is 20.4. The third kappa shape index (κ3) is 10.8. The van der Waals surface area contributed by atoms with Crippen LogP contribution in [0, 0.1) is 0 Å². The molecule has 0 aliphatic heterocycles. The second kappa shape index (κ2) is 16.6. The summed E-state index contributed by atoms with van der Waals surface area (Å²) in [4.78, 5) is 18.5. The van der Waals surface area contributed by atoms with Crippen LogP contribution in [0.4, 0.5) is 5.69 Å². The van der Waals surface area contributed by atoms with Crippen LogP contribution in [0.3, 0.4) is 0 Å². The maximum absolute atomic E-state index is 12.5. The number of benzene rings is 2. The van der Waals surface area contributed by atoms with Crippen molar-refractivity contribution in [2.75, 3.05) is 11.5 Å². The molecule has 0 radical (unpaired) electrons.